The molecule has 32 heavy (non-hydrogen) atoms. The molecule has 0 N–H and O–H groups in total. The highest BCUT2D eigenvalue weighted by Gasteiger charge is 2.62. The van der Waals surface area contributed by atoms with E-state index >= 15 is 0 Å². The number of hydrogen-bond donors (Lipinski definition) is 0. The van der Waals surface area contributed by atoms with E-state index in [1.165, 1.54) is 10.5 Å². The van der Waals surface area contributed by atoms with Crippen molar-refractivity contribution < 1.29 is 19.1 Å². The minimum atomic E-state index is -0.420. The molecule has 2 aliphatic carbocycles. The Morgan fingerprint density at radius 2 is 1.41 bits per heavy atom. The number of ether oxygens (including phenoxy) is 1. The Bertz CT molecular complexity index is 1130. The fraction of sp³-hybridized carbons (Fsp3) is 0.296. The molecule has 2 fully saturated rings. The van der Waals surface area contributed by atoms with Gasteiger partial charge in [-0.25, -0.2) is 9.69 Å². The summed E-state index contributed by atoms with van der Waals surface area (Å²) in [7, 11) is 0. The summed E-state index contributed by atoms with van der Waals surface area (Å²) in [6.07, 6.45) is 3.97. The van der Waals surface area contributed by atoms with Crippen molar-refractivity contribution in [1.82, 2.24) is 0 Å². The van der Waals surface area contributed by atoms with E-state index in [-0.39, 0.29) is 41.6 Å². The van der Waals surface area contributed by atoms with Crippen LogP contribution in [0, 0.1) is 23.7 Å². The number of fused-ring (bicyclic) bond motifs is 5. The maximum Gasteiger partial charge on any atom is 0.338 e. The van der Waals surface area contributed by atoms with Gasteiger partial charge in [0.2, 0.25) is 11.8 Å². The molecule has 0 radical (unpaired) electrons. The van der Waals surface area contributed by atoms with Crippen LogP contribution in [-0.2, 0) is 14.3 Å². The molecule has 5 nitrogen and oxygen atoms in total. The number of hydrogen-bond acceptors (Lipinski definition) is 4. The molecule has 1 heterocycles. The maximum atomic E-state index is 13.4. The number of anilines is 1. The van der Waals surface area contributed by atoms with Crippen molar-refractivity contribution in [1.29, 1.82) is 0 Å². The number of carbonyl (C=O) groups is 3. The Morgan fingerprint density at radius 1 is 0.844 bits per heavy atom. The average Bonchev–Trinajstić information content (AvgIpc) is 3.43. The van der Waals surface area contributed by atoms with Gasteiger partial charge in [0.1, 0.15) is 0 Å². The maximum absolute atomic E-state index is 13.4. The summed E-state index contributed by atoms with van der Waals surface area (Å²) < 4.78 is 5.21. The fourth-order valence-corrected chi connectivity index (χ4v) is 5.40. The van der Waals surface area contributed by atoms with Crippen molar-refractivity contribution in [3.63, 3.8) is 0 Å². The van der Waals surface area contributed by atoms with Crippen LogP contribution in [0.5, 0.6) is 0 Å². The molecule has 2 amide bonds. The molecule has 4 atom stereocenters. The van der Waals surface area contributed by atoms with E-state index < -0.39 is 5.97 Å². The number of rotatable bonds is 4. The van der Waals surface area contributed by atoms with Gasteiger partial charge >= 0.3 is 5.97 Å². The summed E-state index contributed by atoms with van der Waals surface area (Å²) in [6.45, 7) is 5.66. The Labute approximate surface area is 187 Å². The van der Waals surface area contributed by atoms with Gasteiger partial charge in [0, 0.05) is 11.8 Å². The van der Waals surface area contributed by atoms with Crippen LogP contribution in [0.2, 0.25) is 0 Å². The first-order chi connectivity index (χ1) is 15.4. The van der Waals surface area contributed by atoms with Crippen LogP contribution in [0.1, 0.15) is 36.7 Å². The largest absolute Gasteiger partial charge is 0.459 e. The lowest BCUT2D eigenvalue weighted by Gasteiger charge is -2.20. The lowest BCUT2D eigenvalue weighted by Crippen LogP contribution is -2.33. The number of allylic oxidation sites excluding steroid dienone is 4. The Balaban J connectivity index is 1.43. The molecule has 2 bridgehead atoms. The molecule has 1 saturated carbocycles. The Hall–Kier alpha value is -3.47. The third-order valence-corrected chi connectivity index (χ3v) is 6.76. The first kappa shape index (κ1) is 20.4. The van der Waals surface area contributed by atoms with Crippen molar-refractivity contribution in [2.45, 2.75) is 26.9 Å². The molecule has 3 aliphatic rings. The zero-order valence-electron chi connectivity index (χ0n) is 18.3. The quantitative estimate of drug-likeness (QED) is 0.405. The molecule has 2 aromatic rings. The highest BCUT2D eigenvalue weighted by Crippen LogP contribution is 2.58. The second kappa shape index (κ2) is 7.59. The van der Waals surface area contributed by atoms with Gasteiger partial charge in [-0.3, -0.25) is 9.59 Å². The second-order valence-electron chi connectivity index (χ2n) is 8.95. The number of carbonyl (C=O) groups excluding carboxylic acids is 3. The predicted molar refractivity (Wildman–Crippen MR) is 122 cm³/mol. The van der Waals surface area contributed by atoms with Gasteiger partial charge < -0.3 is 4.74 Å². The van der Waals surface area contributed by atoms with Crippen LogP contribution in [0.4, 0.5) is 5.69 Å². The number of esters is 1. The van der Waals surface area contributed by atoms with Gasteiger partial charge in [-0.15, -0.1) is 0 Å². The molecule has 162 valence electrons. The van der Waals surface area contributed by atoms with E-state index in [4.69, 9.17) is 4.74 Å². The van der Waals surface area contributed by atoms with E-state index in [9.17, 15) is 14.4 Å². The summed E-state index contributed by atoms with van der Waals surface area (Å²) in [5, 5.41) is 0. The predicted octanol–water partition coefficient (Wildman–Crippen LogP) is 4.65. The number of imide groups is 1. The van der Waals surface area contributed by atoms with Crippen molar-refractivity contribution in [3.05, 3.63) is 83.4 Å². The molecule has 0 spiro atoms. The number of nitrogens with zero attached hydrogens (tertiary/aromatic N) is 1. The molecule has 1 aliphatic heterocycles. The molecule has 1 saturated heterocycles. The summed E-state index contributed by atoms with van der Waals surface area (Å²) in [6, 6.07) is 16.6. The monoisotopic (exact) mass is 427 g/mol. The van der Waals surface area contributed by atoms with E-state index in [2.05, 4.69) is 31.2 Å². The van der Waals surface area contributed by atoms with Gasteiger partial charge in [-0.05, 0) is 56.2 Å². The first-order valence-corrected chi connectivity index (χ1v) is 11.0. The summed E-state index contributed by atoms with van der Waals surface area (Å²) in [4.78, 5) is 40.2. The summed E-state index contributed by atoms with van der Waals surface area (Å²) in [5.74, 6) is -1.57. The van der Waals surface area contributed by atoms with E-state index in [1.54, 1.807) is 38.1 Å². The van der Waals surface area contributed by atoms with E-state index in [0.29, 0.717) is 11.3 Å². The molecule has 5 heteroatoms. The number of benzene rings is 2. The summed E-state index contributed by atoms with van der Waals surface area (Å²) in [5.41, 5.74) is 4.37. The minimum Gasteiger partial charge on any atom is -0.459 e. The third kappa shape index (κ3) is 3.03. The summed E-state index contributed by atoms with van der Waals surface area (Å²) >= 11 is 0. The van der Waals surface area contributed by atoms with Gasteiger partial charge in [-0.1, -0.05) is 48.1 Å². The Kier molecular flexibility index (Phi) is 4.85. The third-order valence-electron chi connectivity index (χ3n) is 6.76. The van der Waals surface area contributed by atoms with E-state index in [0.717, 1.165) is 11.1 Å². The zero-order valence-corrected chi connectivity index (χ0v) is 18.3. The van der Waals surface area contributed by atoms with Gasteiger partial charge in [0.25, 0.3) is 0 Å². The van der Waals surface area contributed by atoms with Gasteiger partial charge in [0.05, 0.1) is 29.2 Å². The first-order valence-electron chi connectivity index (χ1n) is 11.0. The van der Waals surface area contributed by atoms with Gasteiger partial charge in [0.15, 0.2) is 0 Å². The highest BCUT2D eigenvalue weighted by molar-refractivity contribution is 6.23. The van der Waals surface area contributed by atoms with Crippen LogP contribution in [0.3, 0.4) is 0 Å². The van der Waals surface area contributed by atoms with E-state index in [1.807, 2.05) is 18.2 Å². The topological polar surface area (TPSA) is 63.7 Å². The fourth-order valence-electron chi connectivity index (χ4n) is 5.40. The van der Waals surface area contributed by atoms with Crippen molar-refractivity contribution in [2.75, 3.05) is 4.90 Å². The minimum absolute atomic E-state index is 0.0491. The van der Waals surface area contributed by atoms with Crippen LogP contribution in [0.15, 0.2) is 72.3 Å². The molecule has 0 aromatic heterocycles. The zero-order chi connectivity index (χ0) is 22.6. The number of amides is 2. The van der Waals surface area contributed by atoms with Crippen molar-refractivity contribution in [3.8, 4) is 0 Å². The normalized spacial score (nSPS) is 25.6. The molecular formula is C27H25NO4. The SMILES string of the molecule is CC(=C1[C@H]2C=C[C@H]1[C@H]1C(=O)N(c3ccc(C(=O)OC(C)C)cc3)C(=O)[C@@H]12)c1ccccc1. The smallest absolute Gasteiger partial charge is 0.338 e. The average molecular weight is 428 g/mol. The van der Waals surface area contributed by atoms with Crippen molar-refractivity contribution >= 4 is 29.0 Å². The lowest BCUT2D eigenvalue weighted by molar-refractivity contribution is -0.122. The van der Waals surface area contributed by atoms with Crippen molar-refractivity contribution in [2.24, 2.45) is 23.7 Å². The van der Waals surface area contributed by atoms with Crippen LogP contribution in [-0.4, -0.2) is 23.9 Å². The lowest BCUT2D eigenvalue weighted by atomic mass is 9.85. The molecule has 2 aromatic carbocycles. The van der Waals surface area contributed by atoms with Crippen LogP contribution in [0.25, 0.3) is 5.57 Å². The highest BCUT2D eigenvalue weighted by atomic mass is 16.5. The van der Waals surface area contributed by atoms with Crippen LogP contribution >= 0.6 is 0 Å². The van der Waals surface area contributed by atoms with Gasteiger partial charge in [-0.2, -0.15) is 0 Å². The molecule has 5 rings (SSSR count). The molecule has 0 unspecified atom stereocenters. The van der Waals surface area contributed by atoms with Crippen LogP contribution < -0.4 is 4.90 Å². The standard InChI is InChI=1S/C27H25NO4/c1-15(2)32-27(31)18-9-11-19(12-10-18)28-25(29)23-20-13-14-21(24(23)26(28)30)22(20)16(3)17-7-5-4-6-8-17/h4-15,20-21,23-24H,1-3H3/t20-,21-,23-,24-/m1/s1. The second-order valence-corrected chi connectivity index (χ2v) is 8.95. The Morgan fingerprint density at radius 3 is 1.94 bits per heavy atom. The molecular weight excluding hydrogens is 402 g/mol.